The molecule has 2 atom stereocenters. The first-order valence-electron chi connectivity index (χ1n) is 12.7. The highest BCUT2D eigenvalue weighted by Gasteiger charge is 2.49. The van der Waals surface area contributed by atoms with Crippen molar-refractivity contribution in [3.63, 3.8) is 0 Å². The summed E-state index contributed by atoms with van der Waals surface area (Å²) in [7, 11) is 3.72. The second-order valence-corrected chi connectivity index (χ2v) is 9.41. The molecule has 0 aromatic heterocycles. The lowest BCUT2D eigenvalue weighted by atomic mass is 10.1. The Morgan fingerprint density at radius 1 is 0.939 bits per heavy atom. The highest BCUT2D eigenvalue weighted by Crippen LogP contribution is 2.26. The van der Waals surface area contributed by atoms with E-state index in [2.05, 4.69) is 34.2 Å². The number of rotatable bonds is 13. The fourth-order valence-corrected chi connectivity index (χ4v) is 4.77. The van der Waals surface area contributed by atoms with E-state index in [-0.39, 0.29) is 11.9 Å². The number of guanidine groups is 1. The lowest BCUT2D eigenvalue weighted by Gasteiger charge is -2.37. The number of carbonyl (C=O) groups excluding carboxylic acids is 2. The average molecular weight is 456 g/mol. The standard InChI is InChI=1S/C26H41N5O2/c1-4-5-6-7-8-9-10-11-12-16-19-31-22-23(30(3)26(33)28-24(22)32)27-25(31)29(2)20-21-17-14-13-15-18-21/h13-15,17-18,22-23H,4-12,16,19-20H2,1-3H3,(H,28,32,33). The van der Waals surface area contributed by atoms with Gasteiger partial charge in [0.2, 0.25) is 0 Å². The van der Waals surface area contributed by atoms with Gasteiger partial charge in [0.25, 0.3) is 5.91 Å². The van der Waals surface area contributed by atoms with Gasteiger partial charge in [-0.25, -0.2) is 9.79 Å². The Morgan fingerprint density at radius 3 is 2.18 bits per heavy atom. The van der Waals surface area contributed by atoms with Gasteiger partial charge in [0.05, 0.1) is 0 Å². The van der Waals surface area contributed by atoms with Crippen molar-refractivity contribution in [2.45, 2.75) is 89.9 Å². The minimum absolute atomic E-state index is 0.248. The topological polar surface area (TPSA) is 68.2 Å². The molecule has 7 nitrogen and oxygen atoms in total. The second-order valence-electron chi connectivity index (χ2n) is 9.41. The van der Waals surface area contributed by atoms with Gasteiger partial charge in [-0.3, -0.25) is 10.1 Å². The van der Waals surface area contributed by atoms with E-state index in [1.54, 1.807) is 11.9 Å². The van der Waals surface area contributed by atoms with E-state index in [0.717, 1.165) is 25.3 Å². The maximum atomic E-state index is 12.8. The summed E-state index contributed by atoms with van der Waals surface area (Å²) in [6, 6.07) is 9.41. The van der Waals surface area contributed by atoms with Crippen LogP contribution in [0.1, 0.15) is 76.7 Å². The molecule has 2 aliphatic heterocycles. The lowest BCUT2D eigenvalue weighted by Crippen LogP contribution is -2.64. The third-order valence-electron chi connectivity index (χ3n) is 6.70. The molecule has 0 radical (unpaired) electrons. The number of nitrogens with zero attached hydrogens (tertiary/aromatic N) is 4. The van der Waals surface area contributed by atoms with Crippen LogP contribution in [0.2, 0.25) is 0 Å². The van der Waals surface area contributed by atoms with Crippen LogP contribution < -0.4 is 5.32 Å². The summed E-state index contributed by atoms with van der Waals surface area (Å²) in [5.41, 5.74) is 1.19. The highest BCUT2D eigenvalue weighted by atomic mass is 16.2. The number of fused-ring (bicyclic) bond motifs is 1. The zero-order valence-corrected chi connectivity index (χ0v) is 20.6. The van der Waals surface area contributed by atoms with E-state index in [1.165, 1.54) is 56.9 Å². The van der Waals surface area contributed by atoms with Crippen molar-refractivity contribution in [2.75, 3.05) is 20.6 Å². The number of aliphatic imine (C=N–C) groups is 1. The molecule has 1 fully saturated rings. The van der Waals surface area contributed by atoms with Gasteiger partial charge in [0, 0.05) is 27.2 Å². The van der Waals surface area contributed by atoms with Gasteiger partial charge in [0.1, 0.15) is 0 Å². The lowest BCUT2D eigenvalue weighted by molar-refractivity contribution is -0.127. The van der Waals surface area contributed by atoms with Crippen LogP contribution in [0.15, 0.2) is 35.3 Å². The molecule has 7 heteroatoms. The van der Waals surface area contributed by atoms with E-state index >= 15 is 0 Å². The number of benzene rings is 1. The Labute approximate surface area is 199 Å². The Morgan fingerprint density at radius 2 is 1.55 bits per heavy atom. The molecule has 2 unspecified atom stereocenters. The van der Waals surface area contributed by atoms with E-state index in [1.807, 2.05) is 25.2 Å². The molecule has 0 saturated carbocycles. The first-order chi connectivity index (χ1) is 16.0. The van der Waals surface area contributed by atoms with Gasteiger partial charge in [-0.2, -0.15) is 0 Å². The number of unbranched alkanes of at least 4 members (excludes halogenated alkanes) is 9. The molecule has 182 valence electrons. The smallest absolute Gasteiger partial charge is 0.325 e. The van der Waals surface area contributed by atoms with Crippen LogP contribution in [-0.4, -0.2) is 65.4 Å². The van der Waals surface area contributed by atoms with Gasteiger partial charge < -0.3 is 14.7 Å². The number of imide groups is 1. The van der Waals surface area contributed by atoms with Gasteiger partial charge in [0.15, 0.2) is 18.2 Å². The molecule has 1 N–H and O–H groups in total. The van der Waals surface area contributed by atoms with Crippen molar-refractivity contribution in [2.24, 2.45) is 4.99 Å². The van der Waals surface area contributed by atoms with Crippen LogP contribution in [0, 0.1) is 0 Å². The molecule has 0 aliphatic carbocycles. The molecule has 1 saturated heterocycles. The quantitative estimate of drug-likeness (QED) is 0.442. The van der Waals surface area contributed by atoms with Crippen molar-refractivity contribution in [3.05, 3.63) is 35.9 Å². The molecule has 2 heterocycles. The predicted molar refractivity (Wildman–Crippen MR) is 133 cm³/mol. The molecule has 3 amide bonds. The minimum Gasteiger partial charge on any atom is -0.341 e. The van der Waals surface area contributed by atoms with Crippen molar-refractivity contribution in [3.8, 4) is 0 Å². The molecule has 1 aromatic rings. The van der Waals surface area contributed by atoms with Gasteiger partial charge in [-0.05, 0) is 12.0 Å². The average Bonchev–Trinajstić information content (AvgIpc) is 3.20. The normalized spacial score (nSPS) is 20.0. The summed E-state index contributed by atoms with van der Waals surface area (Å²) in [6.45, 7) is 3.73. The van der Waals surface area contributed by atoms with Crippen molar-refractivity contribution >= 4 is 17.9 Å². The second kappa shape index (κ2) is 12.6. The van der Waals surface area contributed by atoms with Crippen LogP contribution in [0.5, 0.6) is 0 Å². The Hall–Kier alpha value is -2.57. The summed E-state index contributed by atoms with van der Waals surface area (Å²) in [5.74, 6) is 0.545. The Kier molecular flexibility index (Phi) is 9.58. The minimum atomic E-state index is -0.470. The Balaban J connectivity index is 1.55. The number of hydrogen-bond acceptors (Lipinski definition) is 5. The van der Waals surface area contributed by atoms with Crippen LogP contribution in [0.4, 0.5) is 4.79 Å². The summed E-state index contributed by atoms with van der Waals surface area (Å²) in [5, 5.41) is 2.49. The van der Waals surface area contributed by atoms with Crippen LogP contribution >= 0.6 is 0 Å². The number of carbonyl (C=O) groups is 2. The van der Waals surface area contributed by atoms with Gasteiger partial charge in [-0.1, -0.05) is 95.0 Å². The van der Waals surface area contributed by atoms with Crippen LogP contribution in [0.25, 0.3) is 0 Å². The summed E-state index contributed by atoms with van der Waals surface area (Å²) in [6.07, 6.45) is 12.3. The maximum Gasteiger partial charge on any atom is 0.325 e. The van der Waals surface area contributed by atoms with E-state index in [9.17, 15) is 9.59 Å². The van der Waals surface area contributed by atoms with E-state index < -0.39 is 12.2 Å². The molecule has 0 bridgehead atoms. The third kappa shape index (κ3) is 6.71. The maximum absolute atomic E-state index is 12.8. The molecule has 33 heavy (non-hydrogen) atoms. The van der Waals surface area contributed by atoms with Crippen molar-refractivity contribution in [1.82, 2.24) is 20.0 Å². The van der Waals surface area contributed by atoms with Crippen molar-refractivity contribution < 1.29 is 9.59 Å². The molecule has 1 aromatic carbocycles. The number of nitrogens with one attached hydrogen (secondary N) is 1. The summed E-state index contributed by atoms with van der Waals surface area (Å²) in [4.78, 5) is 35.5. The number of hydrogen-bond donors (Lipinski definition) is 1. The monoisotopic (exact) mass is 455 g/mol. The van der Waals surface area contributed by atoms with Gasteiger partial charge in [-0.15, -0.1) is 0 Å². The summed E-state index contributed by atoms with van der Waals surface area (Å²) < 4.78 is 0. The number of amides is 3. The van der Waals surface area contributed by atoms with Gasteiger partial charge >= 0.3 is 6.03 Å². The summed E-state index contributed by atoms with van der Waals surface area (Å²) >= 11 is 0. The van der Waals surface area contributed by atoms with Crippen LogP contribution in [0.3, 0.4) is 0 Å². The molecule has 2 aliphatic rings. The first kappa shape index (κ1) is 25.1. The van der Waals surface area contributed by atoms with Crippen LogP contribution in [-0.2, 0) is 11.3 Å². The number of likely N-dealkylation sites (N-methyl/N-ethyl adjacent to an activating group) is 1. The molecular weight excluding hydrogens is 414 g/mol. The molecule has 3 rings (SSSR count). The largest absolute Gasteiger partial charge is 0.341 e. The van der Waals surface area contributed by atoms with Crippen molar-refractivity contribution in [1.29, 1.82) is 0 Å². The Bertz CT molecular complexity index is 797. The predicted octanol–water partition coefficient (Wildman–Crippen LogP) is 4.59. The first-order valence-corrected chi connectivity index (χ1v) is 12.7. The fourth-order valence-electron chi connectivity index (χ4n) is 4.77. The van der Waals surface area contributed by atoms with E-state index in [4.69, 9.17) is 4.99 Å². The van der Waals surface area contributed by atoms with E-state index in [0.29, 0.717) is 6.54 Å². The SMILES string of the molecule is CCCCCCCCCCCCN1C(N(C)Cc2ccccc2)=NC2C1C(=O)NC(=O)N2C. The zero-order valence-electron chi connectivity index (χ0n) is 20.6. The molecule has 0 spiro atoms. The number of urea groups is 1. The fraction of sp³-hybridized carbons (Fsp3) is 0.654. The highest BCUT2D eigenvalue weighted by molar-refractivity contribution is 6.03. The third-order valence-corrected chi connectivity index (χ3v) is 6.70. The molecular formula is C26H41N5O2. The zero-order chi connectivity index (χ0) is 23.6.